The SMILES string of the molecule is CCN(CCO[Si](C)(C)C(C)(C)C)c1cnnc(Nc2ccc3ncc(C(C=NC)=CN)cc3n2)c1. The number of nitrogens with zero attached hydrogens (tertiary/aromatic N) is 6. The second kappa shape index (κ2) is 11.6. The molecule has 0 radical (unpaired) electrons. The van der Waals surface area contributed by atoms with Gasteiger partial charge in [-0.05, 0) is 43.3 Å². The highest BCUT2D eigenvalue weighted by atomic mass is 28.4. The number of pyridine rings is 2. The van der Waals surface area contributed by atoms with E-state index in [9.17, 15) is 0 Å². The van der Waals surface area contributed by atoms with Crippen LogP contribution in [0.2, 0.25) is 18.1 Å². The van der Waals surface area contributed by atoms with E-state index in [0.717, 1.165) is 40.9 Å². The average Bonchev–Trinajstić information content (AvgIpc) is 2.84. The Morgan fingerprint density at radius 3 is 2.61 bits per heavy atom. The summed E-state index contributed by atoms with van der Waals surface area (Å²) in [4.78, 5) is 15.5. The first kappa shape index (κ1) is 27.2. The minimum Gasteiger partial charge on any atom is -0.415 e. The summed E-state index contributed by atoms with van der Waals surface area (Å²) in [7, 11) is -0.0836. The number of aliphatic imine (C=N–C) groups is 1. The molecule has 0 spiro atoms. The molecule has 192 valence electrons. The number of aromatic nitrogens is 4. The predicted molar refractivity (Wildman–Crippen MR) is 152 cm³/mol. The number of rotatable bonds is 10. The van der Waals surface area contributed by atoms with Crippen molar-refractivity contribution in [1.29, 1.82) is 0 Å². The van der Waals surface area contributed by atoms with Crippen LogP contribution in [0, 0.1) is 0 Å². The van der Waals surface area contributed by atoms with E-state index in [1.807, 2.05) is 24.3 Å². The molecular weight excluding hydrogens is 468 g/mol. The largest absolute Gasteiger partial charge is 0.415 e. The van der Waals surface area contributed by atoms with E-state index in [2.05, 4.69) is 71.2 Å². The minimum atomic E-state index is -1.79. The van der Waals surface area contributed by atoms with Crippen LogP contribution in [-0.2, 0) is 4.43 Å². The lowest BCUT2D eigenvalue weighted by Gasteiger charge is -2.37. The Hall–Kier alpha value is -3.37. The molecule has 36 heavy (non-hydrogen) atoms. The Balaban J connectivity index is 1.75. The first-order valence-corrected chi connectivity index (χ1v) is 15.1. The maximum Gasteiger partial charge on any atom is 0.192 e. The molecule has 0 saturated carbocycles. The van der Waals surface area contributed by atoms with Gasteiger partial charge in [-0.3, -0.25) is 9.98 Å². The molecular formula is C26H38N8OSi. The third-order valence-corrected chi connectivity index (χ3v) is 11.1. The topological polar surface area (TPSA) is 114 Å². The zero-order chi connectivity index (χ0) is 26.3. The maximum atomic E-state index is 6.37. The van der Waals surface area contributed by atoms with Crippen LogP contribution in [-0.4, -0.2) is 61.4 Å². The molecule has 10 heteroatoms. The minimum absolute atomic E-state index is 0.189. The number of nitrogens with one attached hydrogen (secondary N) is 1. The van der Waals surface area contributed by atoms with Crippen LogP contribution in [0.15, 0.2) is 47.9 Å². The van der Waals surface area contributed by atoms with Gasteiger partial charge < -0.3 is 20.4 Å². The second-order valence-corrected chi connectivity index (χ2v) is 14.9. The van der Waals surface area contributed by atoms with Crippen molar-refractivity contribution in [2.24, 2.45) is 10.7 Å². The molecule has 3 heterocycles. The van der Waals surface area contributed by atoms with E-state index in [4.69, 9.17) is 15.1 Å². The first-order chi connectivity index (χ1) is 17.1. The van der Waals surface area contributed by atoms with E-state index in [1.165, 1.54) is 6.20 Å². The molecule has 0 fully saturated rings. The van der Waals surface area contributed by atoms with Crippen molar-refractivity contribution in [2.75, 3.05) is 37.0 Å². The van der Waals surface area contributed by atoms with Gasteiger partial charge >= 0.3 is 0 Å². The van der Waals surface area contributed by atoms with E-state index >= 15 is 0 Å². The molecule has 0 aromatic carbocycles. The molecule has 0 aliphatic carbocycles. The standard InChI is InChI=1S/C26H38N8OSi/c1-8-34(11-12-35-36(6,7)26(2,3)4)21-14-25(33-30-18-21)32-24-10-9-22-23(31-24)13-19(17-29-22)20(15-27)16-28-5/h9-10,13-18H,8,11-12,27H2,1-7H3,(H,31,32,33). The lowest BCUT2D eigenvalue weighted by Crippen LogP contribution is -2.42. The van der Waals surface area contributed by atoms with E-state index in [0.29, 0.717) is 18.2 Å². The van der Waals surface area contributed by atoms with Gasteiger partial charge in [0.15, 0.2) is 14.1 Å². The lowest BCUT2D eigenvalue weighted by molar-refractivity contribution is 0.294. The number of hydrogen-bond acceptors (Lipinski definition) is 9. The van der Waals surface area contributed by atoms with Crippen LogP contribution in [0.5, 0.6) is 0 Å². The molecule has 0 bridgehead atoms. The van der Waals surface area contributed by atoms with Crippen LogP contribution >= 0.6 is 0 Å². The van der Waals surface area contributed by atoms with Gasteiger partial charge in [-0.2, -0.15) is 5.10 Å². The Morgan fingerprint density at radius 2 is 1.94 bits per heavy atom. The van der Waals surface area contributed by atoms with Crippen LogP contribution < -0.4 is 16.0 Å². The molecule has 3 aromatic rings. The van der Waals surface area contributed by atoms with Gasteiger partial charge in [0.25, 0.3) is 0 Å². The summed E-state index contributed by atoms with van der Waals surface area (Å²) in [5.74, 6) is 1.27. The summed E-state index contributed by atoms with van der Waals surface area (Å²) in [6, 6.07) is 7.72. The normalized spacial score (nSPS) is 12.9. The number of hydrogen-bond donors (Lipinski definition) is 2. The van der Waals surface area contributed by atoms with Crippen molar-refractivity contribution in [3.63, 3.8) is 0 Å². The Morgan fingerprint density at radius 1 is 1.17 bits per heavy atom. The molecule has 3 rings (SSSR count). The monoisotopic (exact) mass is 506 g/mol. The highest BCUT2D eigenvalue weighted by molar-refractivity contribution is 6.74. The summed E-state index contributed by atoms with van der Waals surface area (Å²) in [5.41, 5.74) is 9.88. The smallest absolute Gasteiger partial charge is 0.192 e. The maximum absolute atomic E-state index is 6.37. The molecule has 0 unspecified atom stereocenters. The van der Waals surface area contributed by atoms with Crippen molar-refractivity contribution in [1.82, 2.24) is 20.2 Å². The van der Waals surface area contributed by atoms with Gasteiger partial charge in [0.05, 0.1) is 29.5 Å². The molecule has 0 aliphatic heterocycles. The van der Waals surface area contributed by atoms with Gasteiger partial charge in [-0.25, -0.2) is 4.98 Å². The number of fused-ring (bicyclic) bond motifs is 1. The van der Waals surface area contributed by atoms with E-state index in [-0.39, 0.29) is 5.04 Å². The number of anilines is 3. The van der Waals surface area contributed by atoms with Crippen LogP contribution in [0.1, 0.15) is 33.3 Å². The van der Waals surface area contributed by atoms with Crippen molar-refractivity contribution >= 4 is 48.5 Å². The van der Waals surface area contributed by atoms with Gasteiger partial charge in [0.2, 0.25) is 0 Å². The first-order valence-electron chi connectivity index (χ1n) is 12.2. The molecule has 9 nitrogen and oxygen atoms in total. The molecule has 3 aromatic heterocycles. The molecule has 3 N–H and O–H groups in total. The quantitative estimate of drug-likeness (QED) is 0.291. The molecule has 0 amide bonds. The predicted octanol–water partition coefficient (Wildman–Crippen LogP) is 5.01. The average molecular weight is 507 g/mol. The molecule has 0 atom stereocenters. The van der Waals surface area contributed by atoms with Gasteiger partial charge in [0, 0.05) is 56.0 Å². The third-order valence-electron chi connectivity index (χ3n) is 6.59. The van der Waals surface area contributed by atoms with Crippen LogP contribution in [0.25, 0.3) is 16.6 Å². The van der Waals surface area contributed by atoms with E-state index in [1.54, 1.807) is 25.7 Å². The van der Waals surface area contributed by atoms with Crippen molar-refractivity contribution < 1.29 is 4.43 Å². The summed E-state index contributed by atoms with van der Waals surface area (Å²) in [5, 5.41) is 11.9. The van der Waals surface area contributed by atoms with Gasteiger partial charge in [-0.15, -0.1) is 5.10 Å². The van der Waals surface area contributed by atoms with Crippen molar-refractivity contribution in [3.8, 4) is 0 Å². The lowest BCUT2D eigenvalue weighted by atomic mass is 10.1. The highest BCUT2D eigenvalue weighted by Crippen LogP contribution is 2.36. The summed E-state index contributed by atoms with van der Waals surface area (Å²) >= 11 is 0. The fourth-order valence-corrected chi connectivity index (χ4v) is 4.44. The Kier molecular flexibility index (Phi) is 8.75. The van der Waals surface area contributed by atoms with Gasteiger partial charge in [-0.1, -0.05) is 20.8 Å². The Bertz CT molecular complexity index is 1240. The fraction of sp³-hybridized carbons (Fsp3) is 0.423. The molecule has 0 aliphatic rings. The molecule has 0 saturated heterocycles. The van der Waals surface area contributed by atoms with Crippen molar-refractivity contribution in [3.05, 3.63) is 48.4 Å². The summed E-state index contributed by atoms with van der Waals surface area (Å²) in [6.45, 7) is 15.8. The number of nitrogens with two attached hydrogens (primary N) is 1. The highest BCUT2D eigenvalue weighted by Gasteiger charge is 2.37. The van der Waals surface area contributed by atoms with E-state index < -0.39 is 8.32 Å². The summed E-state index contributed by atoms with van der Waals surface area (Å²) in [6.07, 6.45) is 6.75. The zero-order valence-corrected chi connectivity index (χ0v) is 23.4. The van der Waals surface area contributed by atoms with Crippen molar-refractivity contribution in [2.45, 2.75) is 45.8 Å². The zero-order valence-electron chi connectivity index (χ0n) is 22.4. The third kappa shape index (κ3) is 6.64. The van der Waals surface area contributed by atoms with Crippen LogP contribution in [0.4, 0.5) is 17.3 Å². The second-order valence-electron chi connectivity index (χ2n) is 10.1. The Labute approximate surface area is 215 Å². The van der Waals surface area contributed by atoms with Gasteiger partial charge in [0.1, 0.15) is 5.82 Å². The summed E-state index contributed by atoms with van der Waals surface area (Å²) < 4.78 is 6.37. The number of allylic oxidation sites excluding steroid dienone is 1. The number of likely N-dealkylation sites (N-methyl/N-ethyl adjacent to an activating group) is 1. The van der Waals surface area contributed by atoms with Crippen LogP contribution in [0.3, 0.4) is 0 Å². The fourth-order valence-electron chi connectivity index (χ4n) is 3.41.